The molecular weight excluding hydrogens is 302 g/mol. The molecule has 6 heteroatoms. The second kappa shape index (κ2) is 8.36. The molecule has 3 N–H and O–H groups in total. The maximum Gasteiger partial charge on any atom is 0.222 e. The van der Waals surface area contributed by atoms with Gasteiger partial charge >= 0.3 is 0 Å². The zero-order chi connectivity index (χ0) is 15.8. The number of hydrogen-bond donors (Lipinski definition) is 2. The lowest BCUT2D eigenvalue weighted by atomic mass is 10.0. The van der Waals surface area contributed by atoms with E-state index in [0.717, 1.165) is 5.56 Å². The van der Waals surface area contributed by atoms with Crippen LogP contribution < -0.4 is 15.8 Å². The summed E-state index contributed by atoms with van der Waals surface area (Å²) in [5.74, 6) is 0.364. The number of halogens is 1. The molecule has 116 valence electrons. The van der Waals surface area contributed by atoms with Crippen LogP contribution in [0.4, 0.5) is 0 Å². The Kier molecular flexibility index (Phi) is 6.18. The number of hydrogen-bond acceptors (Lipinski definition) is 4. The van der Waals surface area contributed by atoms with Crippen LogP contribution >= 0.6 is 11.6 Å². The Bertz CT molecular complexity index is 590. The van der Waals surface area contributed by atoms with E-state index in [4.69, 9.17) is 22.1 Å². The average molecular weight is 320 g/mol. The van der Waals surface area contributed by atoms with Crippen molar-refractivity contribution in [1.82, 2.24) is 10.3 Å². The van der Waals surface area contributed by atoms with Crippen molar-refractivity contribution in [2.45, 2.75) is 12.5 Å². The predicted molar refractivity (Wildman–Crippen MR) is 85.7 cm³/mol. The van der Waals surface area contributed by atoms with Gasteiger partial charge in [0.2, 0.25) is 11.8 Å². The summed E-state index contributed by atoms with van der Waals surface area (Å²) in [5, 5.41) is 3.32. The van der Waals surface area contributed by atoms with Crippen LogP contribution in [0.25, 0.3) is 0 Å². The Hall–Kier alpha value is -2.11. The highest BCUT2D eigenvalue weighted by molar-refractivity contribution is 6.30. The number of nitrogens with two attached hydrogens (primary N) is 1. The molecule has 5 nitrogen and oxygen atoms in total. The lowest BCUT2D eigenvalue weighted by molar-refractivity contribution is -0.121. The zero-order valence-corrected chi connectivity index (χ0v) is 12.8. The maximum absolute atomic E-state index is 11.8. The number of nitrogens with zero attached hydrogens (tertiary/aromatic N) is 1. The first-order valence-corrected chi connectivity index (χ1v) is 7.34. The van der Waals surface area contributed by atoms with Gasteiger partial charge < -0.3 is 15.8 Å². The number of pyridine rings is 1. The SMILES string of the molecule is NC(CC(=O)NCCOc1ccc(Cl)cn1)c1ccccc1. The first-order valence-electron chi connectivity index (χ1n) is 6.97. The van der Waals surface area contributed by atoms with Crippen LogP contribution in [0.1, 0.15) is 18.0 Å². The Morgan fingerprint density at radius 3 is 2.73 bits per heavy atom. The van der Waals surface area contributed by atoms with E-state index in [1.807, 2.05) is 30.3 Å². The molecule has 2 aromatic rings. The summed E-state index contributed by atoms with van der Waals surface area (Å²) in [7, 11) is 0. The fourth-order valence-corrected chi connectivity index (χ4v) is 2.00. The van der Waals surface area contributed by atoms with Gasteiger partial charge in [-0.3, -0.25) is 4.79 Å². The molecule has 0 saturated heterocycles. The van der Waals surface area contributed by atoms with Gasteiger partial charge in [0.25, 0.3) is 0 Å². The molecule has 0 bridgehead atoms. The molecule has 0 spiro atoms. The number of rotatable bonds is 7. The van der Waals surface area contributed by atoms with Crippen molar-refractivity contribution in [2.75, 3.05) is 13.2 Å². The van der Waals surface area contributed by atoms with E-state index in [9.17, 15) is 4.79 Å². The summed E-state index contributed by atoms with van der Waals surface area (Å²) in [5.41, 5.74) is 6.93. The van der Waals surface area contributed by atoms with Crippen molar-refractivity contribution in [3.8, 4) is 5.88 Å². The van der Waals surface area contributed by atoms with Gasteiger partial charge in [-0.05, 0) is 11.6 Å². The summed E-state index contributed by atoms with van der Waals surface area (Å²) in [6.07, 6.45) is 1.75. The quantitative estimate of drug-likeness (QED) is 0.768. The number of carbonyl (C=O) groups excluding carboxylic acids is 1. The Balaban J connectivity index is 1.66. The van der Waals surface area contributed by atoms with E-state index in [1.165, 1.54) is 6.20 Å². The number of ether oxygens (including phenoxy) is 1. The minimum atomic E-state index is -0.306. The van der Waals surface area contributed by atoms with E-state index in [1.54, 1.807) is 12.1 Å². The molecule has 1 amide bonds. The molecule has 0 aliphatic heterocycles. The monoisotopic (exact) mass is 319 g/mol. The molecule has 1 aromatic heterocycles. The maximum atomic E-state index is 11.8. The van der Waals surface area contributed by atoms with Crippen molar-refractivity contribution in [3.05, 3.63) is 59.2 Å². The second-order valence-electron chi connectivity index (χ2n) is 4.73. The summed E-state index contributed by atoms with van der Waals surface area (Å²) >= 11 is 5.73. The van der Waals surface area contributed by atoms with E-state index in [-0.39, 0.29) is 18.4 Å². The van der Waals surface area contributed by atoms with E-state index in [0.29, 0.717) is 24.1 Å². The molecule has 0 fully saturated rings. The standard InChI is InChI=1S/C16H18ClN3O2/c17-13-6-7-16(20-11-13)22-9-8-19-15(21)10-14(18)12-4-2-1-3-5-12/h1-7,11,14H,8-10,18H2,(H,19,21). The molecule has 0 saturated carbocycles. The fourth-order valence-electron chi connectivity index (χ4n) is 1.88. The van der Waals surface area contributed by atoms with Gasteiger partial charge in [-0.1, -0.05) is 41.9 Å². The van der Waals surface area contributed by atoms with Crippen LogP contribution in [-0.2, 0) is 4.79 Å². The normalized spacial score (nSPS) is 11.7. The molecule has 1 aromatic carbocycles. The fraction of sp³-hybridized carbons (Fsp3) is 0.250. The van der Waals surface area contributed by atoms with Crippen LogP contribution in [0.15, 0.2) is 48.7 Å². The van der Waals surface area contributed by atoms with Crippen molar-refractivity contribution in [2.24, 2.45) is 5.73 Å². The predicted octanol–water partition coefficient (Wildman–Crippen LogP) is 2.32. The minimum Gasteiger partial charge on any atom is -0.476 e. The van der Waals surface area contributed by atoms with Gasteiger partial charge in [0.05, 0.1) is 11.6 Å². The number of benzene rings is 1. The topological polar surface area (TPSA) is 77.2 Å². The number of aromatic nitrogens is 1. The third-order valence-electron chi connectivity index (χ3n) is 3.01. The largest absolute Gasteiger partial charge is 0.476 e. The van der Waals surface area contributed by atoms with Crippen LogP contribution in [-0.4, -0.2) is 24.0 Å². The van der Waals surface area contributed by atoms with Crippen LogP contribution in [0.2, 0.25) is 5.02 Å². The Labute approximate surface area is 134 Å². The highest BCUT2D eigenvalue weighted by atomic mass is 35.5. The van der Waals surface area contributed by atoms with Gasteiger partial charge in [0.15, 0.2) is 0 Å². The van der Waals surface area contributed by atoms with Crippen molar-refractivity contribution >= 4 is 17.5 Å². The smallest absolute Gasteiger partial charge is 0.222 e. The Morgan fingerprint density at radius 1 is 1.27 bits per heavy atom. The average Bonchev–Trinajstić information content (AvgIpc) is 2.54. The highest BCUT2D eigenvalue weighted by Gasteiger charge is 2.10. The van der Waals surface area contributed by atoms with E-state index in [2.05, 4.69) is 10.3 Å². The van der Waals surface area contributed by atoms with Gasteiger partial charge in [0.1, 0.15) is 6.61 Å². The van der Waals surface area contributed by atoms with Gasteiger partial charge in [-0.2, -0.15) is 0 Å². The molecule has 0 aliphatic carbocycles. The highest BCUT2D eigenvalue weighted by Crippen LogP contribution is 2.13. The van der Waals surface area contributed by atoms with Crippen molar-refractivity contribution in [1.29, 1.82) is 0 Å². The van der Waals surface area contributed by atoms with Crippen molar-refractivity contribution < 1.29 is 9.53 Å². The molecule has 1 unspecified atom stereocenters. The summed E-state index contributed by atoms with van der Waals surface area (Å²) in [6, 6.07) is 12.6. The van der Waals surface area contributed by atoms with Gasteiger partial charge in [-0.25, -0.2) is 4.98 Å². The Morgan fingerprint density at radius 2 is 2.05 bits per heavy atom. The molecule has 2 rings (SSSR count). The number of carbonyl (C=O) groups is 1. The van der Waals surface area contributed by atoms with E-state index < -0.39 is 0 Å². The molecular formula is C16H18ClN3O2. The third kappa shape index (κ3) is 5.35. The summed E-state index contributed by atoms with van der Waals surface area (Å²) < 4.78 is 5.39. The second-order valence-corrected chi connectivity index (χ2v) is 5.17. The van der Waals surface area contributed by atoms with Crippen LogP contribution in [0.3, 0.4) is 0 Å². The first kappa shape index (κ1) is 16.3. The number of nitrogens with one attached hydrogen (secondary N) is 1. The van der Waals surface area contributed by atoms with Crippen LogP contribution in [0, 0.1) is 0 Å². The van der Waals surface area contributed by atoms with Crippen molar-refractivity contribution in [3.63, 3.8) is 0 Å². The minimum absolute atomic E-state index is 0.107. The third-order valence-corrected chi connectivity index (χ3v) is 3.23. The molecule has 1 heterocycles. The first-order chi connectivity index (χ1) is 10.6. The lowest BCUT2D eigenvalue weighted by Gasteiger charge is -2.12. The summed E-state index contributed by atoms with van der Waals surface area (Å²) in [6.45, 7) is 0.728. The van der Waals surface area contributed by atoms with Gasteiger partial charge in [-0.15, -0.1) is 0 Å². The van der Waals surface area contributed by atoms with E-state index >= 15 is 0 Å². The lowest BCUT2D eigenvalue weighted by Crippen LogP contribution is -2.30. The molecule has 1 atom stereocenters. The molecule has 0 radical (unpaired) electrons. The summed E-state index contributed by atoms with van der Waals surface area (Å²) in [4.78, 5) is 15.8. The number of amides is 1. The van der Waals surface area contributed by atoms with Gasteiger partial charge in [0, 0.05) is 24.7 Å². The zero-order valence-electron chi connectivity index (χ0n) is 12.0. The molecule has 22 heavy (non-hydrogen) atoms. The molecule has 0 aliphatic rings. The van der Waals surface area contributed by atoms with Crippen LogP contribution in [0.5, 0.6) is 5.88 Å².